The number of sulfonamides is 1. The zero-order chi connectivity index (χ0) is 16.5. The van der Waals surface area contributed by atoms with E-state index in [-0.39, 0.29) is 34.7 Å². The Morgan fingerprint density at radius 2 is 1.87 bits per heavy atom. The van der Waals surface area contributed by atoms with Crippen LogP contribution >= 0.6 is 12.4 Å². The van der Waals surface area contributed by atoms with Crippen molar-refractivity contribution in [3.05, 3.63) is 29.8 Å². The van der Waals surface area contributed by atoms with Crippen molar-refractivity contribution in [3.8, 4) is 0 Å². The van der Waals surface area contributed by atoms with Crippen LogP contribution in [0.15, 0.2) is 29.2 Å². The fraction of sp³-hybridized carbons (Fsp3) is 0.533. The van der Waals surface area contributed by atoms with Crippen LogP contribution in [0.25, 0.3) is 0 Å². The highest BCUT2D eigenvalue weighted by atomic mass is 35.5. The van der Waals surface area contributed by atoms with Crippen molar-refractivity contribution in [2.24, 2.45) is 11.1 Å². The summed E-state index contributed by atoms with van der Waals surface area (Å²) < 4.78 is 25.6. The molecule has 23 heavy (non-hydrogen) atoms. The lowest BCUT2D eigenvalue weighted by Gasteiger charge is -2.42. The van der Waals surface area contributed by atoms with Gasteiger partial charge in [0.25, 0.3) is 5.91 Å². The second-order valence-corrected chi connectivity index (χ2v) is 8.23. The van der Waals surface area contributed by atoms with Gasteiger partial charge in [0.2, 0.25) is 10.0 Å². The van der Waals surface area contributed by atoms with Gasteiger partial charge in [-0.15, -0.1) is 12.4 Å². The van der Waals surface area contributed by atoms with Crippen LogP contribution in [0, 0.1) is 5.41 Å². The smallest absolute Gasteiger partial charge is 0.253 e. The molecule has 8 heteroatoms. The SMILES string of the molecule is CNS(=O)(=O)c1ccc(C(=O)N2CCC(N)C(C)(C)C2)cc1.Cl. The van der Waals surface area contributed by atoms with Crippen LogP contribution in [0.1, 0.15) is 30.6 Å². The zero-order valence-corrected chi connectivity index (χ0v) is 15.2. The molecule has 1 aromatic carbocycles. The van der Waals surface area contributed by atoms with Gasteiger partial charge in [0, 0.05) is 24.7 Å². The van der Waals surface area contributed by atoms with Gasteiger partial charge in [0.15, 0.2) is 0 Å². The molecular formula is C15H24ClN3O3S. The summed E-state index contributed by atoms with van der Waals surface area (Å²) in [6.45, 7) is 5.34. The first-order valence-corrected chi connectivity index (χ1v) is 8.74. The lowest BCUT2D eigenvalue weighted by Crippen LogP contribution is -2.54. The normalized spacial score (nSPS) is 20.7. The summed E-state index contributed by atoms with van der Waals surface area (Å²) in [5, 5.41) is 0. The Morgan fingerprint density at radius 3 is 2.35 bits per heavy atom. The van der Waals surface area contributed by atoms with Crippen molar-refractivity contribution in [3.63, 3.8) is 0 Å². The highest BCUT2D eigenvalue weighted by Gasteiger charge is 2.35. The molecule has 0 aliphatic carbocycles. The molecule has 0 spiro atoms. The summed E-state index contributed by atoms with van der Waals surface area (Å²) in [6.07, 6.45) is 0.769. The molecular weight excluding hydrogens is 338 g/mol. The average Bonchev–Trinajstić information content (AvgIpc) is 2.49. The summed E-state index contributed by atoms with van der Waals surface area (Å²) in [7, 11) is -2.13. The molecule has 1 saturated heterocycles. The molecule has 1 unspecified atom stereocenters. The molecule has 6 nitrogen and oxygen atoms in total. The first-order chi connectivity index (χ1) is 10.2. The monoisotopic (exact) mass is 361 g/mol. The second-order valence-electron chi connectivity index (χ2n) is 6.34. The highest BCUT2D eigenvalue weighted by Crippen LogP contribution is 2.28. The van der Waals surface area contributed by atoms with E-state index in [1.807, 2.05) is 0 Å². The van der Waals surface area contributed by atoms with E-state index in [9.17, 15) is 13.2 Å². The molecule has 1 fully saturated rings. The third-order valence-corrected chi connectivity index (χ3v) is 5.71. The second kappa shape index (κ2) is 7.17. The number of nitrogens with one attached hydrogen (secondary N) is 1. The van der Waals surface area contributed by atoms with E-state index in [0.29, 0.717) is 18.7 Å². The number of benzene rings is 1. The number of hydrogen-bond acceptors (Lipinski definition) is 4. The molecule has 0 aromatic heterocycles. The van der Waals surface area contributed by atoms with Crippen molar-refractivity contribution in [1.82, 2.24) is 9.62 Å². The predicted molar refractivity (Wildman–Crippen MR) is 92.2 cm³/mol. The lowest BCUT2D eigenvalue weighted by atomic mass is 9.79. The minimum absolute atomic E-state index is 0. The molecule has 1 heterocycles. The molecule has 0 radical (unpaired) electrons. The van der Waals surface area contributed by atoms with Crippen molar-refractivity contribution in [1.29, 1.82) is 0 Å². The minimum atomic E-state index is -3.48. The van der Waals surface area contributed by atoms with Crippen LogP contribution in [0.4, 0.5) is 0 Å². The summed E-state index contributed by atoms with van der Waals surface area (Å²) in [5.74, 6) is -0.0895. The van der Waals surface area contributed by atoms with Gasteiger partial charge in [-0.1, -0.05) is 13.8 Å². The standard InChI is InChI=1S/C15H23N3O3S.ClH/c1-15(2)10-18(9-8-13(15)16)14(19)11-4-6-12(7-5-11)22(20,21)17-3;/h4-7,13,17H,8-10,16H2,1-3H3;1H. The van der Waals surface area contributed by atoms with Crippen LogP contribution < -0.4 is 10.5 Å². The number of carbonyl (C=O) groups is 1. The van der Waals surface area contributed by atoms with Crippen LogP contribution in [-0.4, -0.2) is 45.4 Å². The Balaban J connectivity index is 0.00000264. The number of carbonyl (C=O) groups excluding carboxylic acids is 1. The first kappa shape index (κ1) is 19.9. The van der Waals surface area contributed by atoms with E-state index in [1.54, 1.807) is 17.0 Å². The summed E-state index contributed by atoms with van der Waals surface area (Å²) in [5.41, 5.74) is 6.45. The molecule has 1 amide bonds. The fourth-order valence-corrected chi connectivity index (χ4v) is 3.35. The number of halogens is 1. The Labute approximate surface area is 143 Å². The lowest BCUT2D eigenvalue weighted by molar-refractivity contribution is 0.0533. The third-order valence-electron chi connectivity index (χ3n) is 4.28. The van der Waals surface area contributed by atoms with Gasteiger partial charge in [-0.3, -0.25) is 4.79 Å². The van der Waals surface area contributed by atoms with Crippen LogP contribution in [0.5, 0.6) is 0 Å². The Kier molecular flexibility index (Phi) is 6.20. The van der Waals surface area contributed by atoms with Crippen molar-refractivity contribution < 1.29 is 13.2 Å². The number of nitrogens with two attached hydrogens (primary N) is 1. The van der Waals surface area contributed by atoms with Crippen LogP contribution in [0.2, 0.25) is 0 Å². The van der Waals surface area contributed by atoms with E-state index in [4.69, 9.17) is 5.73 Å². The molecule has 0 bridgehead atoms. The topological polar surface area (TPSA) is 92.5 Å². The van der Waals surface area contributed by atoms with Crippen molar-refractivity contribution in [2.45, 2.75) is 31.2 Å². The van der Waals surface area contributed by atoms with E-state index < -0.39 is 10.0 Å². The number of rotatable bonds is 3. The third kappa shape index (κ3) is 4.23. The minimum Gasteiger partial charge on any atom is -0.338 e. The van der Waals surface area contributed by atoms with Gasteiger partial charge < -0.3 is 10.6 Å². The average molecular weight is 362 g/mol. The summed E-state index contributed by atoms with van der Waals surface area (Å²) in [4.78, 5) is 14.5. The van der Waals surface area contributed by atoms with Crippen LogP contribution in [-0.2, 0) is 10.0 Å². The number of likely N-dealkylation sites (tertiary alicyclic amines) is 1. The summed E-state index contributed by atoms with van der Waals surface area (Å²) >= 11 is 0. The van der Waals surface area contributed by atoms with E-state index in [0.717, 1.165) is 6.42 Å². The van der Waals surface area contributed by atoms with Gasteiger partial charge in [-0.2, -0.15) is 0 Å². The van der Waals surface area contributed by atoms with Gasteiger partial charge in [0.1, 0.15) is 0 Å². The van der Waals surface area contributed by atoms with Gasteiger partial charge in [-0.05, 0) is 43.1 Å². The largest absolute Gasteiger partial charge is 0.338 e. The Hall–Kier alpha value is -1.15. The zero-order valence-electron chi connectivity index (χ0n) is 13.6. The molecule has 1 atom stereocenters. The predicted octanol–water partition coefficient (Wildman–Crippen LogP) is 1.22. The maximum absolute atomic E-state index is 12.5. The van der Waals surface area contributed by atoms with E-state index in [1.165, 1.54) is 19.2 Å². The van der Waals surface area contributed by atoms with Gasteiger partial charge in [0.05, 0.1) is 4.90 Å². The van der Waals surface area contributed by atoms with E-state index >= 15 is 0 Å². The van der Waals surface area contributed by atoms with Gasteiger partial charge in [-0.25, -0.2) is 13.1 Å². The molecule has 2 rings (SSSR count). The van der Waals surface area contributed by atoms with Crippen molar-refractivity contribution in [2.75, 3.05) is 20.1 Å². The van der Waals surface area contributed by atoms with Crippen LogP contribution in [0.3, 0.4) is 0 Å². The highest BCUT2D eigenvalue weighted by molar-refractivity contribution is 7.89. The van der Waals surface area contributed by atoms with E-state index in [2.05, 4.69) is 18.6 Å². The van der Waals surface area contributed by atoms with Gasteiger partial charge >= 0.3 is 0 Å². The van der Waals surface area contributed by atoms with Crippen molar-refractivity contribution >= 4 is 28.3 Å². The Bertz CT molecular complexity index is 659. The molecule has 3 N–H and O–H groups in total. The molecule has 0 saturated carbocycles. The maximum atomic E-state index is 12.5. The quantitative estimate of drug-likeness (QED) is 0.846. The maximum Gasteiger partial charge on any atom is 0.253 e. The number of nitrogens with zero attached hydrogens (tertiary/aromatic N) is 1. The number of piperidine rings is 1. The molecule has 1 aliphatic heterocycles. The number of amides is 1. The molecule has 1 aromatic rings. The number of hydrogen-bond donors (Lipinski definition) is 2. The fourth-order valence-electron chi connectivity index (χ4n) is 2.62. The summed E-state index contributed by atoms with van der Waals surface area (Å²) in [6, 6.07) is 6.07. The first-order valence-electron chi connectivity index (χ1n) is 7.26. The molecule has 1 aliphatic rings. The molecule has 130 valence electrons. The Morgan fingerprint density at radius 1 is 1.30 bits per heavy atom.